The lowest BCUT2D eigenvalue weighted by molar-refractivity contribution is 0.105. The van der Waals surface area contributed by atoms with Crippen LogP contribution in [0.15, 0.2) is 18.1 Å². The van der Waals surface area contributed by atoms with Crippen LogP contribution in [0.1, 0.15) is 30.3 Å². The third-order valence-electron chi connectivity index (χ3n) is 1.45. The Morgan fingerprint density at radius 3 is 3.06 bits per heavy atom. The fourth-order valence-corrected chi connectivity index (χ4v) is 0.892. The number of carbonyl (C=O) groups excluding carboxylic acids is 1. The van der Waals surface area contributed by atoms with Crippen LogP contribution in [0.2, 0.25) is 0 Å². The van der Waals surface area contributed by atoms with Gasteiger partial charge in [-0.05, 0) is 36.9 Å². The van der Waals surface area contributed by atoms with E-state index in [-0.39, 0.29) is 0 Å². The number of nitrogens with one attached hydrogen (secondary N) is 1. The minimum atomic E-state index is -3.64. The second-order valence-corrected chi connectivity index (χ2v) is 2.63. The molecule has 0 aromatic heterocycles. The van der Waals surface area contributed by atoms with E-state index in [1.807, 2.05) is 0 Å². The van der Waals surface area contributed by atoms with Gasteiger partial charge in [0.05, 0.1) is 17.5 Å². The highest BCUT2D eigenvalue weighted by atomic mass is 16.6. The van der Waals surface area contributed by atoms with Crippen LogP contribution in [0.4, 0.5) is 4.79 Å². The van der Waals surface area contributed by atoms with Gasteiger partial charge in [-0.25, -0.2) is 4.79 Å². The lowest BCUT2D eigenvalue weighted by atomic mass is 10.1. The Bertz CT molecular complexity index is 851. The minimum Gasteiger partial charge on any atom is -0.490 e. The molecule has 1 N–H and O–H groups in total. The van der Waals surface area contributed by atoms with E-state index in [4.69, 9.17) is 23.9 Å². The lowest BCUT2D eigenvalue weighted by Crippen LogP contribution is -2.21. The second kappa shape index (κ2) is 4.43. The molecule has 0 radical (unpaired) electrons. The Morgan fingerprint density at radius 1 is 1.75 bits per heavy atom. The van der Waals surface area contributed by atoms with Crippen molar-refractivity contribution in [3.05, 3.63) is 29.3 Å². The van der Waals surface area contributed by atoms with Gasteiger partial charge in [-0.15, -0.1) is 0 Å². The molecule has 4 heteroatoms. The molecule has 1 amide bonds. The number of cyclic esters (lactones) is 1. The number of benzene rings is 1. The highest BCUT2D eigenvalue weighted by molar-refractivity contribution is 5.69. The van der Waals surface area contributed by atoms with Crippen molar-refractivity contribution in [2.75, 3.05) is 13.1 Å². The minimum absolute atomic E-state index is 1.14. The van der Waals surface area contributed by atoms with E-state index in [9.17, 15) is 4.79 Å². The molecule has 1 heterocycles. The topological polar surface area (TPSA) is 47.6 Å². The Morgan fingerprint density at radius 2 is 2.50 bits per heavy atom. The quantitative estimate of drug-likeness (QED) is 0.869. The van der Waals surface area contributed by atoms with E-state index >= 15 is 0 Å². The van der Waals surface area contributed by atoms with E-state index in [1.54, 1.807) is 5.32 Å². The maximum Gasteiger partial charge on any atom is 0.407 e. The van der Waals surface area contributed by atoms with Gasteiger partial charge in [0.2, 0.25) is 0 Å². The lowest BCUT2D eigenvalue weighted by Gasteiger charge is -2.11. The summed E-state index contributed by atoms with van der Waals surface area (Å²) in [5, 5.41) is 1.55. The number of alkyl carbamates (subject to hydrolysis) is 1. The van der Waals surface area contributed by atoms with Crippen LogP contribution in [0.25, 0.3) is 0 Å². The number of carbonyl (C=O) groups is 1. The van der Waals surface area contributed by atoms with Crippen molar-refractivity contribution in [1.29, 1.82) is 0 Å². The molecule has 0 spiro atoms. The number of ether oxygens (including phenoxy) is 2. The predicted molar refractivity (Wildman–Crippen MR) is 59.7 cm³/mol. The first kappa shape index (κ1) is 2.94. The van der Waals surface area contributed by atoms with Crippen molar-refractivity contribution in [3.63, 3.8) is 0 Å². The Balaban J connectivity index is 2.78. The molecule has 0 bridgehead atoms. The second-order valence-electron chi connectivity index (χ2n) is 2.63. The van der Waals surface area contributed by atoms with E-state index in [2.05, 4.69) is 4.74 Å². The van der Waals surface area contributed by atoms with Crippen molar-refractivity contribution < 1.29 is 33.5 Å². The molecule has 16 heavy (non-hydrogen) atoms. The molecule has 1 fully saturated rings. The summed E-state index contributed by atoms with van der Waals surface area (Å²) in [7, 11) is 0. The number of amides is 1. The van der Waals surface area contributed by atoms with Gasteiger partial charge in [0.25, 0.3) is 0 Å². The molecule has 1 aliphatic rings. The van der Waals surface area contributed by atoms with Crippen molar-refractivity contribution in [2.24, 2.45) is 0 Å². The third kappa shape index (κ3) is 2.66. The Hall–Kier alpha value is -1.71. The van der Waals surface area contributed by atoms with E-state index in [1.165, 1.54) is 0 Å². The fraction of sp³-hybridized carbons (Fsp3) is 0.417. The van der Waals surface area contributed by atoms with Crippen LogP contribution in [0.5, 0.6) is 5.75 Å². The summed E-state index contributed by atoms with van der Waals surface area (Å²) in [6, 6.07) is -3.59. The van der Waals surface area contributed by atoms with Gasteiger partial charge in [-0.1, -0.05) is 6.04 Å². The zero-order valence-electron chi connectivity index (χ0n) is 21.7. The summed E-state index contributed by atoms with van der Waals surface area (Å²) in [4.78, 5) is 11.4. The van der Waals surface area contributed by atoms with Gasteiger partial charge in [-0.2, -0.15) is 0 Å². The maximum absolute atomic E-state index is 11.4. The number of hydrogen-bond donors (Lipinski definition) is 1. The van der Waals surface area contributed by atoms with Crippen LogP contribution in [0.3, 0.4) is 0 Å². The third-order valence-corrected chi connectivity index (χ3v) is 1.45. The van der Waals surface area contributed by atoms with Crippen LogP contribution in [-0.4, -0.2) is 25.2 Å². The summed E-state index contributed by atoms with van der Waals surface area (Å²) < 4.78 is 117. The van der Waals surface area contributed by atoms with Crippen LogP contribution in [-0.2, 0) is 4.74 Å². The molecule has 1 aromatic rings. The van der Waals surface area contributed by atoms with Gasteiger partial charge in [0.15, 0.2) is 6.08 Å². The SMILES string of the molecule is [2H]c1c(OC([2H])([2H])C2([2H])OC(=O)NC2([2H])[2H])c([2H])c(C([2H])([2H])[2H])c([2H])c1C([2H])([2H])[2H]. The summed E-state index contributed by atoms with van der Waals surface area (Å²) in [6.07, 6.45) is -4.93. The molecular weight excluding hydrogens is 206 g/mol. The van der Waals surface area contributed by atoms with Crippen molar-refractivity contribution in [3.8, 4) is 5.75 Å². The van der Waals surface area contributed by atoms with Gasteiger partial charge >= 0.3 is 6.09 Å². The molecule has 1 atom stereocenters. The van der Waals surface area contributed by atoms with Crippen molar-refractivity contribution >= 4 is 6.09 Å². The monoisotopic (exact) mass is 235 g/mol. The average molecular weight is 235 g/mol. The summed E-state index contributed by atoms with van der Waals surface area (Å²) in [5.74, 6) is -1.27. The molecule has 4 nitrogen and oxygen atoms in total. The number of rotatable bonds is 3. The smallest absolute Gasteiger partial charge is 0.407 e. The molecule has 1 aromatic carbocycles. The molecule has 1 saturated heterocycles. The van der Waals surface area contributed by atoms with Crippen LogP contribution in [0, 0.1) is 13.7 Å². The zero-order chi connectivity index (χ0) is 23.7. The van der Waals surface area contributed by atoms with Gasteiger partial charge in [-0.3, -0.25) is 0 Å². The molecule has 0 aliphatic carbocycles. The Labute approximate surface area is 114 Å². The Kier molecular flexibility index (Phi) is 0.814. The highest BCUT2D eigenvalue weighted by Crippen LogP contribution is 2.16. The first-order valence-corrected chi connectivity index (χ1v) is 4.02. The van der Waals surface area contributed by atoms with Gasteiger partial charge < -0.3 is 14.8 Å². The number of hydrogen-bond acceptors (Lipinski definition) is 3. The molecule has 1 aliphatic heterocycles. The summed E-state index contributed by atoms with van der Waals surface area (Å²) in [5.41, 5.74) is -2.28. The first-order valence-electron chi connectivity index (χ1n) is 11.0. The van der Waals surface area contributed by atoms with Crippen molar-refractivity contribution in [1.82, 2.24) is 5.32 Å². The largest absolute Gasteiger partial charge is 0.490 e. The summed E-state index contributed by atoms with van der Waals surface area (Å²) in [6.45, 7) is -13.2. The molecule has 1 unspecified atom stereocenters. The van der Waals surface area contributed by atoms with E-state index in [0.717, 1.165) is 0 Å². The molecule has 2 rings (SSSR count). The predicted octanol–water partition coefficient (Wildman–Crippen LogP) is 1.79. The first-order chi connectivity index (χ1) is 13.2. The van der Waals surface area contributed by atoms with Gasteiger partial charge in [0, 0.05) is 8.22 Å². The molecule has 86 valence electrons. The fourth-order valence-electron chi connectivity index (χ4n) is 0.892. The van der Waals surface area contributed by atoms with Crippen molar-refractivity contribution in [2.45, 2.75) is 19.8 Å². The van der Waals surface area contributed by atoms with E-state index < -0.39 is 73.9 Å². The van der Waals surface area contributed by atoms with Crippen LogP contribution < -0.4 is 10.1 Å². The van der Waals surface area contributed by atoms with E-state index in [0.29, 0.717) is 0 Å². The van der Waals surface area contributed by atoms with Gasteiger partial charge in [0.1, 0.15) is 12.3 Å². The highest BCUT2D eigenvalue weighted by Gasteiger charge is 2.22. The molecule has 0 saturated carbocycles. The standard InChI is InChI=1S/C12H15NO3/c1-8-3-9(2)5-10(4-8)15-7-11-6-13-12(14)16-11/h3-5,11H,6-7H2,1-2H3,(H,13,14)/i1D3,2D3,3D,4D,5D,6D2,7D2,11D. The van der Waals surface area contributed by atoms with Crippen LogP contribution >= 0.6 is 0 Å². The maximum atomic E-state index is 11.4. The normalized spacial score (nSPS) is 42.1. The summed E-state index contributed by atoms with van der Waals surface area (Å²) >= 11 is 0. The average Bonchev–Trinajstić information content (AvgIpc) is 2.69. The zero-order valence-corrected chi connectivity index (χ0v) is 7.72. The molecular formula is C12H15NO3.